The molecule has 8 heteroatoms. The zero-order valence-corrected chi connectivity index (χ0v) is 16.4. The summed E-state index contributed by atoms with van der Waals surface area (Å²) < 4.78 is 14.0. The number of hydrogen-bond donors (Lipinski definition) is 2. The molecule has 0 aliphatic carbocycles. The highest BCUT2D eigenvalue weighted by Crippen LogP contribution is 2.36. The van der Waals surface area contributed by atoms with Crippen molar-refractivity contribution in [2.45, 2.75) is 14.0 Å². The highest BCUT2D eigenvalue weighted by molar-refractivity contribution is 8.01. The smallest absolute Gasteiger partial charge is 0.136 e. The van der Waals surface area contributed by atoms with Crippen LogP contribution in [0.2, 0.25) is 5.15 Å². The number of benzene rings is 1. The van der Waals surface area contributed by atoms with Crippen molar-refractivity contribution in [1.29, 1.82) is 5.41 Å². The van der Waals surface area contributed by atoms with Crippen molar-refractivity contribution in [2.24, 2.45) is 5.73 Å². The average molecular weight is 408 g/mol. The summed E-state index contributed by atoms with van der Waals surface area (Å²) in [7, 11) is -1.37. The number of hydrogen-bond acceptors (Lipinski definition) is 5. The molecule has 0 fully saturated rings. The zero-order chi connectivity index (χ0) is 18.0. The summed E-state index contributed by atoms with van der Waals surface area (Å²) in [4.78, 5) is 6.06. The number of nitrogens with zero attached hydrogens (tertiary/aromatic N) is 1. The van der Waals surface area contributed by atoms with Crippen LogP contribution in [0.1, 0.15) is 4.88 Å². The summed E-state index contributed by atoms with van der Waals surface area (Å²) in [5.41, 5.74) is 7.22. The van der Waals surface area contributed by atoms with Gasteiger partial charge in [-0.3, -0.25) is 5.41 Å². The van der Waals surface area contributed by atoms with Crippen LogP contribution in [-0.4, -0.2) is 21.3 Å². The number of thiophene rings is 1. The summed E-state index contributed by atoms with van der Waals surface area (Å²) in [6.45, 7) is 0. The monoisotopic (exact) mass is 407 g/mol. The van der Waals surface area contributed by atoms with Gasteiger partial charge in [-0.25, -0.2) is 9.19 Å². The topological polar surface area (TPSA) is 79.8 Å². The fourth-order valence-electron chi connectivity index (χ4n) is 2.27. The van der Waals surface area contributed by atoms with Gasteiger partial charge in [0.05, 0.1) is 24.8 Å². The molecule has 1 aromatic carbocycles. The van der Waals surface area contributed by atoms with E-state index in [9.17, 15) is 4.21 Å². The quantitative estimate of drug-likeness (QED) is 0.279. The minimum Gasteiger partial charge on any atom is -0.383 e. The molecule has 0 bridgehead atoms. The Bertz CT molecular complexity index is 971. The summed E-state index contributed by atoms with van der Waals surface area (Å²) in [6.07, 6.45) is 3.55. The van der Waals surface area contributed by atoms with Gasteiger partial charge >= 0.3 is 0 Å². The first kappa shape index (κ1) is 18.1. The van der Waals surface area contributed by atoms with Gasteiger partial charge < -0.3 is 5.73 Å². The van der Waals surface area contributed by atoms with Crippen LogP contribution >= 0.6 is 34.7 Å². The van der Waals surface area contributed by atoms with E-state index >= 15 is 0 Å². The number of rotatable bonds is 5. The Hall–Kier alpha value is -1.67. The van der Waals surface area contributed by atoms with Gasteiger partial charge in [0.1, 0.15) is 11.0 Å². The first-order valence-electron chi connectivity index (χ1n) is 7.16. The van der Waals surface area contributed by atoms with E-state index in [1.165, 1.54) is 23.1 Å². The Morgan fingerprint density at radius 2 is 2.12 bits per heavy atom. The van der Waals surface area contributed by atoms with Gasteiger partial charge in [-0.15, -0.1) is 23.1 Å². The van der Waals surface area contributed by atoms with Gasteiger partial charge in [0.2, 0.25) is 0 Å². The largest absolute Gasteiger partial charge is 0.383 e. The maximum atomic E-state index is 13.1. The number of pyridine rings is 1. The minimum atomic E-state index is -1.37. The van der Waals surface area contributed by atoms with Gasteiger partial charge in [-0.05, 0) is 42.2 Å². The standard InChI is InChI=1S/C17H14ClN3OS3/c1-23-17-14(9-13(24-17)16(19)20)25(22)11-5-2-4-10(8-11)12-6-3-7-21-15(12)18/h2-9H,1H3,(H3,19,20). The predicted octanol–water partition coefficient (Wildman–Crippen LogP) is 4.64. The molecule has 2 heterocycles. The van der Waals surface area contributed by atoms with Crippen LogP contribution in [0, 0.1) is 5.41 Å². The Labute approximate surface area is 161 Å². The van der Waals surface area contributed by atoms with Gasteiger partial charge in [-0.1, -0.05) is 23.7 Å². The third-order valence-corrected chi connectivity index (χ3v) is 7.70. The van der Waals surface area contributed by atoms with E-state index in [2.05, 4.69) is 4.98 Å². The maximum absolute atomic E-state index is 13.1. The van der Waals surface area contributed by atoms with Crippen LogP contribution in [-0.2, 0) is 10.8 Å². The van der Waals surface area contributed by atoms with E-state index in [0.29, 0.717) is 19.8 Å². The fourth-order valence-corrected chi connectivity index (χ4v) is 5.98. The van der Waals surface area contributed by atoms with Gasteiger partial charge in [0, 0.05) is 16.7 Å². The van der Waals surface area contributed by atoms with E-state index in [1.807, 2.05) is 42.7 Å². The molecule has 0 amide bonds. The number of thioether (sulfide) groups is 1. The Morgan fingerprint density at radius 1 is 1.32 bits per heavy atom. The van der Waals surface area contributed by atoms with E-state index in [4.69, 9.17) is 22.7 Å². The molecule has 0 spiro atoms. The third kappa shape index (κ3) is 3.79. The lowest BCUT2D eigenvalue weighted by Gasteiger charge is -2.07. The van der Waals surface area contributed by atoms with E-state index in [-0.39, 0.29) is 5.84 Å². The van der Waals surface area contributed by atoms with Crippen molar-refractivity contribution < 1.29 is 4.21 Å². The number of halogens is 1. The number of amidine groups is 1. The van der Waals surface area contributed by atoms with Crippen LogP contribution < -0.4 is 5.73 Å². The molecule has 2 aromatic heterocycles. The van der Waals surface area contributed by atoms with Crippen molar-refractivity contribution in [3.8, 4) is 11.1 Å². The highest BCUT2D eigenvalue weighted by Gasteiger charge is 2.18. The van der Waals surface area contributed by atoms with Crippen LogP contribution in [0.4, 0.5) is 0 Å². The summed E-state index contributed by atoms with van der Waals surface area (Å²) in [5, 5.41) is 8.00. The highest BCUT2D eigenvalue weighted by atomic mass is 35.5. The molecular weight excluding hydrogens is 394 g/mol. The van der Waals surface area contributed by atoms with Crippen molar-refractivity contribution in [3.63, 3.8) is 0 Å². The molecule has 0 saturated carbocycles. The lowest BCUT2D eigenvalue weighted by atomic mass is 10.1. The molecule has 0 saturated heterocycles. The van der Waals surface area contributed by atoms with Crippen LogP contribution in [0.15, 0.2) is 62.7 Å². The summed E-state index contributed by atoms with van der Waals surface area (Å²) in [5.74, 6) is -0.0144. The molecule has 3 aromatic rings. The fraction of sp³-hybridized carbons (Fsp3) is 0.0588. The van der Waals surface area contributed by atoms with Crippen molar-refractivity contribution in [2.75, 3.05) is 6.26 Å². The number of nitrogens with two attached hydrogens (primary N) is 1. The lowest BCUT2D eigenvalue weighted by Crippen LogP contribution is -2.08. The molecule has 4 nitrogen and oxygen atoms in total. The molecule has 1 unspecified atom stereocenters. The minimum absolute atomic E-state index is 0.0144. The van der Waals surface area contributed by atoms with E-state index < -0.39 is 10.8 Å². The number of aromatic nitrogens is 1. The zero-order valence-electron chi connectivity index (χ0n) is 13.2. The van der Waals surface area contributed by atoms with E-state index in [1.54, 1.807) is 12.3 Å². The SMILES string of the molecule is CSc1sc(C(=N)N)cc1S(=O)c1cccc(-c2cccnc2Cl)c1. The Kier molecular flexibility index (Phi) is 5.58. The lowest BCUT2D eigenvalue weighted by molar-refractivity contribution is 0.682. The Morgan fingerprint density at radius 3 is 2.80 bits per heavy atom. The van der Waals surface area contributed by atoms with Crippen LogP contribution in [0.5, 0.6) is 0 Å². The van der Waals surface area contributed by atoms with Gasteiger partial charge in [0.15, 0.2) is 0 Å². The number of nitrogens with one attached hydrogen (secondary N) is 1. The van der Waals surface area contributed by atoms with Crippen molar-refractivity contribution >= 4 is 51.3 Å². The van der Waals surface area contributed by atoms with Crippen molar-refractivity contribution in [1.82, 2.24) is 4.98 Å². The molecule has 3 N–H and O–H groups in total. The summed E-state index contributed by atoms with van der Waals surface area (Å²) in [6, 6.07) is 12.9. The second-order valence-corrected chi connectivity index (χ2v) is 8.95. The molecule has 0 aliphatic rings. The molecule has 3 rings (SSSR count). The van der Waals surface area contributed by atoms with Crippen molar-refractivity contribution in [3.05, 3.63) is 58.7 Å². The normalized spacial score (nSPS) is 12.1. The average Bonchev–Trinajstić information content (AvgIpc) is 3.06. The summed E-state index contributed by atoms with van der Waals surface area (Å²) >= 11 is 9.05. The molecule has 0 aliphatic heterocycles. The molecule has 25 heavy (non-hydrogen) atoms. The third-order valence-electron chi connectivity index (χ3n) is 3.43. The first-order valence-corrected chi connectivity index (χ1v) is 10.7. The van der Waals surface area contributed by atoms with E-state index in [0.717, 1.165) is 15.3 Å². The molecule has 1 atom stereocenters. The Balaban J connectivity index is 2.03. The van der Waals surface area contributed by atoms with Crippen LogP contribution in [0.3, 0.4) is 0 Å². The van der Waals surface area contributed by atoms with Crippen LogP contribution in [0.25, 0.3) is 11.1 Å². The molecular formula is C17H14ClN3OS3. The number of nitrogen functional groups attached to an aromatic ring is 1. The molecule has 128 valence electrons. The van der Waals surface area contributed by atoms with Gasteiger partial charge in [0.25, 0.3) is 0 Å². The maximum Gasteiger partial charge on any atom is 0.136 e. The molecule has 0 radical (unpaired) electrons. The first-order chi connectivity index (χ1) is 12.0. The van der Waals surface area contributed by atoms with Gasteiger partial charge in [-0.2, -0.15) is 0 Å². The predicted molar refractivity (Wildman–Crippen MR) is 106 cm³/mol. The second-order valence-electron chi connectivity index (χ2n) is 5.02. The second kappa shape index (κ2) is 7.70.